The molecule has 0 aliphatic rings. The van der Waals surface area contributed by atoms with Gasteiger partial charge in [0.25, 0.3) is 0 Å². The van der Waals surface area contributed by atoms with Crippen molar-refractivity contribution in [1.29, 1.82) is 0 Å². The highest BCUT2D eigenvalue weighted by Crippen LogP contribution is 2.07. The zero-order valence-corrected chi connectivity index (χ0v) is 8.91. The number of halogens is 1. The lowest BCUT2D eigenvalue weighted by Crippen LogP contribution is -2.24. The Labute approximate surface area is 87.6 Å². The van der Waals surface area contributed by atoms with Crippen LogP contribution in [0.25, 0.3) is 0 Å². The zero-order chi connectivity index (χ0) is 10.6. The number of aryl methyl sites for hydroxylation is 1. The van der Waals surface area contributed by atoms with Crippen LogP contribution in [0.3, 0.4) is 0 Å². The second-order valence-electron chi connectivity index (χ2n) is 2.91. The molecule has 0 bridgehead atoms. The molecule has 78 valence electrons. The summed E-state index contributed by atoms with van der Waals surface area (Å²) >= 11 is 5.66. The molecular weight excluding hydrogens is 204 g/mol. The minimum Gasteiger partial charge on any atom is -0.394 e. The molecule has 2 N–H and O–H groups in total. The van der Waals surface area contributed by atoms with Gasteiger partial charge in [0.2, 0.25) is 11.2 Å². The van der Waals surface area contributed by atoms with Crippen molar-refractivity contribution in [2.45, 2.75) is 26.3 Å². The first-order valence-electron chi connectivity index (χ1n) is 4.41. The van der Waals surface area contributed by atoms with Crippen LogP contribution in [0.4, 0.5) is 5.95 Å². The van der Waals surface area contributed by atoms with Crippen molar-refractivity contribution in [3.05, 3.63) is 11.1 Å². The van der Waals surface area contributed by atoms with Gasteiger partial charge < -0.3 is 10.4 Å². The van der Waals surface area contributed by atoms with Gasteiger partial charge in [-0.15, -0.1) is 0 Å². The number of nitrogens with one attached hydrogen (secondary N) is 1. The summed E-state index contributed by atoms with van der Waals surface area (Å²) in [5.74, 6) is 0.962. The predicted molar refractivity (Wildman–Crippen MR) is 54.4 cm³/mol. The molecule has 0 saturated carbocycles. The second-order valence-corrected chi connectivity index (χ2v) is 3.25. The molecule has 0 unspecified atom stereocenters. The van der Waals surface area contributed by atoms with Crippen LogP contribution in [-0.4, -0.2) is 32.7 Å². The van der Waals surface area contributed by atoms with E-state index in [0.717, 1.165) is 6.42 Å². The Kier molecular flexibility index (Phi) is 4.03. The summed E-state index contributed by atoms with van der Waals surface area (Å²) in [6.07, 6.45) is 0.791. The average molecular weight is 217 g/mol. The first-order valence-corrected chi connectivity index (χ1v) is 4.79. The van der Waals surface area contributed by atoms with Gasteiger partial charge in [0.1, 0.15) is 5.82 Å². The van der Waals surface area contributed by atoms with E-state index in [0.29, 0.717) is 11.8 Å². The molecule has 0 aliphatic heterocycles. The Bertz CT molecular complexity index is 283. The van der Waals surface area contributed by atoms with Crippen LogP contribution in [0.1, 0.15) is 19.2 Å². The number of rotatable bonds is 4. The van der Waals surface area contributed by atoms with Gasteiger partial charge in [-0.1, -0.05) is 6.92 Å². The molecule has 1 rings (SSSR count). The van der Waals surface area contributed by atoms with E-state index in [4.69, 9.17) is 16.7 Å². The molecule has 0 aromatic carbocycles. The van der Waals surface area contributed by atoms with E-state index < -0.39 is 0 Å². The fourth-order valence-electron chi connectivity index (χ4n) is 0.973. The third-order valence-corrected chi connectivity index (χ3v) is 1.94. The molecule has 0 amide bonds. The summed E-state index contributed by atoms with van der Waals surface area (Å²) in [6, 6.07) is -0.0483. The Morgan fingerprint density at radius 2 is 2.14 bits per heavy atom. The predicted octanol–water partition coefficient (Wildman–Crippen LogP) is 1.02. The fourth-order valence-corrected chi connectivity index (χ4v) is 1.18. The molecule has 5 nitrogen and oxygen atoms in total. The van der Waals surface area contributed by atoms with Gasteiger partial charge in [-0.25, -0.2) is 4.98 Å². The highest BCUT2D eigenvalue weighted by molar-refractivity contribution is 6.28. The fraction of sp³-hybridized carbons (Fsp3) is 0.625. The third-order valence-electron chi connectivity index (χ3n) is 1.77. The van der Waals surface area contributed by atoms with Crippen LogP contribution < -0.4 is 5.32 Å². The zero-order valence-electron chi connectivity index (χ0n) is 8.16. The van der Waals surface area contributed by atoms with Gasteiger partial charge in [0.05, 0.1) is 12.6 Å². The van der Waals surface area contributed by atoms with Crippen LogP contribution in [0.15, 0.2) is 0 Å². The van der Waals surface area contributed by atoms with E-state index in [9.17, 15) is 0 Å². The first-order chi connectivity index (χ1) is 6.65. The van der Waals surface area contributed by atoms with Crippen molar-refractivity contribution in [1.82, 2.24) is 15.0 Å². The molecule has 0 saturated heterocycles. The Morgan fingerprint density at radius 3 is 2.64 bits per heavy atom. The normalized spacial score (nSPS) is 12.6. The van der Waals surface area contributed by atoms with Crippen molar-refractivity contribution in [2.24, 2.45) is 0 Å². The van der Waals surface area contributed by atoms with Crippen LogP contribution in [-0.2, 0) is 0 Å². The lowest BCUT2D eigenvalue weighted by molar-refractivity contribution is 0.271. The van der Waals surface area contributed by atoms with Crippen molar-refractivity contribution < 1.29 is 5.11 Å². The summed E-state index contributed by atoms with van der Waals surface area (Å²) in [5.41, 5.74) is 0. The highest BCUT2D eigenvalue weighted by Gasteiger charge is 2.07. The third kappa shape index (κ3) is 3.08. The van der Waals surface area contributed by atoms with E-state index in [1.807, 2.05) is 6.92 Å². The van der Waals surface area contributed by atoms with Gasteiger partial charge in [-0.05, 0) is 24.9 Å². The molecule has 1 aromatic heterocycles. The van der Waals surface area contributed by atoms with Crippen molar-refractivity contribution in [3.63, 3.8) is 0 Å². The number of anilines is 1. The number of aliphatic hydroxyl groups is 1. The molecule has 1 aromatic rings. The molecular formula is C8H13ClN4O. The van der Waals surface area contributed by atoms with Crippen LogP contribution >= 0.6 is 11.6 Å². The number of aromatic nitrogens is 3. The molecule has 1 atom stereocenters. The van der Waals surface area contributed by atoms with Crippen LogP contribution in [0.2, 0.25) is 5.28 Å². The molecule has 0 spiro atoms. The van der Waals surface area contributed by atoms with E-state index in [1.54, 1.807) is 6.92 Å². The summed E-state index contributed by atoms with van der Waals surface area (Å²) in [5, 5.41) is 12.1. The quantitative estimate of drug-likeness (QED) is 0.786. The molecule has 6 heteroatoms. The molecule has 0 aliphatic carbocycles. The smallest absolute Gasteiger partial charge is 0.227 e. The van der Waals surface area contributed by atoms with Crippen LogP contribution in [0.5, 0.6) is 0 Å². The van der Waals surface area contributed by atoms with E-state index in [-0.39, 0.29) is 17.9 Å². The average Bonchev–Trinajstić information content (AvgIpc) is 2.12. The van der Waals surface area contributed by atoms with Crippen LogP contribution in [0, 0.1) is 6.92 Å². The first kappa shape index (κ1) is 11.1. The monoisotopic (exact) mass is 216 g/mol. The summed E-state index contributed by atoms with van der Waals surface area (Å²) in [6.45, 7) is 3.74. The highest BCUT2D eigenvalue weighted by atomic mass is 35.5. The lowest BCUT2D eigenvalue weighted by atomic mass is 10.2. The van der Waals surface area contributed by atoms with Gasteiger partial charge in [0.15, 0.2) is 0 Å². The van der Waals surface area contributed by atoms with Crippen molar-refractivity contribution in [2.75, 3.05) is 11.9 Å². The topological polar surface area (TPSA) is 70.9 Å². The SMILES string of the molecule is CC[C@@H](CO)Nc1nc(C)nc(Cl)n1. The second kappa shape index (κ2) is 5.07. The van der Waals surface area contributed by atoms with E-state index in [2.05, 4.69) is 20.3 Å². The maximum atomic E-state index is 8.96. The molecule has 0 fully saturated rings. The minimum absolute atomic E-state index is 0.0405. The van der Waals surface area contributed by atoms with Gasteiger partial charge >= 0.3 is 0 Å². The Balaban J connectivity index is 2.75. The Hall–Kier alpha value is -0.940. The van der Waals surface area contributed by atoms with Crippen molar-refractivity contribution >= 4 is 17.5 Å². The standard InChI is InChI=1S/C8H13ClN4O/c1-3-6(4-14)12-8-11-5(2)10-7(9)13-8/h6,14H,3-4H2,1-2H3,(H,10,11,12,13)/t6-/m0/s1. The van der Waals surface area contributed by atoms with Gasteiger partial charge in [-0.2, -0.15) is 9.97 Å². The molecule has 14 heavy (non-hydrogen) atoms. The van der Waals surface area contributed by atoms with E-state index >= 15 is 0 Å². The largest absolute Gasteiger partial charge is 0.394 e. The molecule has 1 heterocycles. The number of nitrogens with zero attached hydrogens (tertiary/aromatic N) is 3. The van der Waals surface area contributed by atoms with Gasteiger partial charge in [-0.3, -0.25) is 0 Å². The van der Waals surface area contributed by atoms with Crippen molar-refractivity contribution in [3.8, 4) is 0 Å². The number of aliphatic hydroxyl groups excluding tert-OH is 1. The summed E-state index contributed by atoms with van der Waals surface area (Å²) in [4.78, 5) is 11.8. The van der Waals surface area contributed by atoms with Gasteiger partial charge in [0, 0.05) is 0 Å². The Morgan fingerprint density at radius 1 is 1.43 bits per heavy atom. The maximum absolute atomic E-state index is 8.96. The molecule has 0 radical (unpaired) electrons. The lowest BCUT2D eigenvalue weighted by Gasteiger charge is -2.13. The summed E-state index contributed by atoms with van der Waals surface area (Å²) < 4.78 is 0. The van der Waals surface area contributed by atoms with E-state index in [1.165, 1.54) is 0 Å². The minimum atomic E-state index is -0.0483. The summed E-state index contributed by atoms with van der Waals surface area (Å²) in [7, 11) is 0. The number of hydrogen-bond donors (Lipinski definition) is 2. The maximum Gasteiger partial charge on any atom is 0.227 e. The number of hydrogen-bond acceptors (Lipinski definition) is 5.